The first-order valence-electron chi connectivity index (χ1n) is 24.7. The molecule has 1 saturated carbocycles. The molecule has 5 rings (SSSR count). The summed E-state index contributed by atoms with van der Waals surface area (Å²) in [6.45, 7) is 12.5. The first kappa shape index (κ1) is 54.7. The number of ether oxygens (including phenoxy) is 4. The van der Waals surface area contributed by atoms with Crippen molar-refractivity contribution < 1.29 is 58.2 Å². The van der Waals surface area contributed by atoms with E-state index in [1.807, 2.05) is 51.2 Å². The van der Waals surface area contributed by atoms with Crippen LogP contribution in [0.25, 0.3) is 0 Å². The Bertz CT molecular complexity index is 2000. The number of tetrazole rings is 1. The standard InChI is InChI=1S/C51H77N5O12/c1-30-15-11-10-12-16-31(2)42(65-8)27-38-20-18-36(7)51(64,68-38)48(61)49(62)55-22-14-13-17-40(55)50(63)67-43(28-41(57)32(3)24-35(6)46(59)47(60)45(58)34(5)23-30)33(4)25-37-19-21-39(44(26-37)66-9)56-29-52-53-54-56/h10-12,15-16,24,29-30,32-34,36-40,42-44,46-47,59-60,64H,13-14,17-23,25-28H2,1-9H3/b12-10+,15-11+,31-16+,35-24+/t30-,32-,33-,34-,36-,37+,38+,39?,40+,42+,43+,44-,46-,47?,51-/m1/s1. The van der Waals surface area contributed by atoms with Gasteiger partial charge < -0.3 is 39.2 Å². The van der Waals surface area contributed by atoms with Crippen molar-refractivity contribution in [1.29, 1.82) is 0 Å². The molecule has 1 aliphatic carbocycles. The summed E-state index contributed by atoms with van der Waals surface area (Å²) in [5.74, 6) is -8.55. The molecule has 2 unspecified atom stereocenters. The van der Waals surface area contributed by atoms with E-state index >= 15 is 0 Å². The van der Waals surface area contributed by atoms with Gasteiger partial charge in [0.1, 0.15) is 36.5 Å². The van der Waals surface area contributed by atoms with Crippen LogP contribution in [-0.4, -0.2) is 139 Å². The monoisotopic (exact) mass is 952 g/mol. The molecule has 4 aliphatic rings. The zero-order chi connectivity index (χ0) is 49.9. The molecule has 3 N–H and O–H groups in total. The molecule has 1 aromatic rings. The predicted octanol–water partition coefficient (Wildman–Crippen LogP) is 5.39. The van der Waals surface area contributed by atoms with Gasteiger partial charge >= 0.3 is 5.97 Å². The van der Waals surface area contributed by atoms with E-state index in [9.17, 15) is 39.3 Å². The van der Waals surface area contributed by atoms with Crippen LogP contribution in [0.15, 0.2) is 53.9 Å². The number of amides is 1. The second-order valence-electron chi connectivity index (χ2n) is 20.2. The summed E-state index contributed by atoms with van der Waals surface area (Å²) in [5.41, 5.74) is 1.11. The number of aromatic nitrogens is 4. The molecular weight excluding hydrogens is 875 g/mol. The molecule has 3 fully saturated rings. The topological polar surface area (TPSA) is 230 Å². The quantitative estimate of drug-likeness (QED) is 0.184. The third-order valence-electron chi connectivity index (χ3n) is 15.0. The highest BCUT2D eigenvalue weighted by molar-refractivity contribution is 6.39. The number of hydrogen-bond acceptors (Lipinski definition) is 15. The summed E-state index contributed by atoms with van der Waals surface area (Å²) in [6.07, 6.45) is 12.6. The van der Waals surface area contributed by atoms with Crippen molar-refractivity contribution in [3.05, 3.63) is 53.9 Å². The number of aliphatic hydroxyl groups excluding tert-OH is 2. The van der Waals surface area contributed by atoms with Gasteiger partial charge in [0.05, 0.1) is 24.4 Å². The average molecular weight is 952 g/mol. The summed E-state index contributed by atoms with van der Waals surface area (Å²) in [4.78, 5) is 71.7. The van der Waals surface area contributed by atoms with Gasteiger partial charge in [0.25, 0.3) is 11.7 Å². The number of aliphatic hydroxyl groups is 3. The number of cyclic esters (lactones) is 1. The summed E-state index contributed by atoms with van der Waals surface area (Å²) in [7, 11) is 3.22. The number of hydrogen-bond donors (Lipinski definition) is 3. The van der Waals surface area contributed by atoms with Crippen molar-refractivity contribution in [2.75, 3.05) is 20.8 Å². The van der Waals surface area contributed by atoms with Crippen LogP contribution in [0.1, 0.15) is 132 Å². The van der Waals surface area contributed by atoms with Gasteiger partial charge in [-0.15, -0.1) is 5.10 Å². The lowest BCUT2D eigenvalue weighted by molar-refractivity contribution is -0.265. The molecule has 4 heterocycles. The summed E-state index contributed by atoms with van der Waals surface area (Å²) < 4.78 is 25.9. The van der Waals surface area contributed by atoms with Gasteiger partial charge in [0.15, 0.2) is 5.78 Å². The van der Waals surface area contributed by atoms with Crippen LogP contribution in [-0.2, 0) is 42.9 Å². The number of methoxy groups -OCH3 is 2. The molecule has 17 nitrogen and oxygen atoms in total. The Balaban J connectivity index is 1.45. The first-order valence-corrected chi connectivity index (χ1v) is 24.7. The van der Waals surface area contributed by atoms with Crippen molar-refractivity contribution in [3.63, 3.8) is 0 Å². The number of carbonyl (C=O) groups excluding carboxylic acids is 5. The number of esters is 1. The molecule has 1 aromatic heterocycles. The molecule has 378 valence electrons. The van der Waals surface area contributed by atoms with Crippen molar-refractivity contribution in [2.45, 2.75) is 180 Å². The highest BCUT2D eigenvalue weighted by Gasteiger charge is 2.53. The average Bonchev–Trinajstić information content (AvgIpc) is 3.87. The van der Waals surface area contributed by atoms with Gasteiger partial charge in [-0.3, -0.25) is 19.2 Å². The molecule has 1 amide bonds. The summed E-state index contributed by atoms with van der Waals surface area (Å²) >= 11 is 0. The van der Waals surface area contributed by atoms with Crippen molar-refractivity contribution in [3.8, 4) is 0 Å². The lowest BCUT2D eigenvalue weighted by Crippen LogP contribution is -2.61. The third-order valence-corrected chi connectivity index (χ3v) is 15.0. The summed E-state index contributed by atoms with van der Waals surface area (Å²) in [5, 5.41) is 45.9. The van der Waals surface area contributed by atoms with E-state index in [1.54, 1.807) is 52.9 Å². The lowest BCUT2D eigenvalue weighted by Gasteiger charge is -2.42. The molecule has 0 radical (unpaired) electrons. The van der Waals surface area contributed by atoms with Gasteiger partial charge in [-0.2, -0.15) is 0 Å². The fourth-order valence-corrected chi connectivity index (χ4v) is 10.5. The molecule has 68 heavy (non-hydrogen) atoms. The zero-order valence-corrected chi connectivity index (χ0v) is 41.6. The Morgan fingerprint density at radius 1 is 0.882 bits per heavy atom. The lowest BCUT2D eigenvalue weighted by atomic mass is 9.77. The van der Waals surface area contributed by atoms with E-state index in [4.69, 9.17) is 18.9 Å². The first-order chi connectivity index (χ1) is 32.3. The largest absolute Gasteiger partial charge is 0.460 e. The second-order valence-corrected chi connectivity index (χ2v) is 20.2. The fraction of sp³-hybridized carbons (Fsp3) is 0.725. The molecule has 17 heteroatoms. The molecule has 3 aliphatic heterocycles. The van der Waals surface area contributed by atoms with E-state index in [1.165, 1.54) is 11.0 Å². The van der Waals surface area contributed by atoms with Crippen LogP contribution in [0.4, 0.5) is 0 Å². The van der Waals surface area contributed by atoms with Gasteiger partial charge in [-0.25, -0.2) is 9.48 Å². The number of nitrogens with zero attached hydrogens (tertiary/aromatic N) is 5. The van der Waals surface area contributed by atoms with E-state index in [2.05, 4.69) is 15.5 Å². The number of fused-ring (bicyclic) bond motifs is 3. The van der Waals surface area contributed by atoms with Gasteiger partial charge in [0.2, 0.25) is 5.79 Å². The number of allylic oxidation sites excluding steroid dienone is 6. The smallest absolute Gasteiger partial charge is 0.329 e. The highest BCUT2D eigenvalue weighted by atomic mass is 16.6. The van der Waals surface area contributed by atoms with Crippen LogP contribution >= 0.6 is 0 Å². The Morgan fingerprint density at radius 2 is 1.63 bits per heavy atom. The number of carbonyl (C=O) groups is 5. The second kappa shape index (κ2) is 25.0. The van der Waals surface area contributed by atoms with E-state index < -0.39 is 83.5 Å². The Labute approximate surface area is 401 Å². The van der Waals surface area contributed by atoms with Crippen LogP contribution in [0, 0.1) is 35.5 Å². The molecule has 2 saturated heterocycles. The molecule has 2 bridgehead atoms. The maximum absolute atomic E-state index is 14.5. The Hall–Kier alpha value is -4.26. The van der Waals surface area contributed by atoms with Crippen molar-refractivity contribution in [1.82, 2.24) is 25.1 Å². The normalized spacial score (nSPS) is 39.1. The van der Waals surface area contributed by atoms with E-state index in [-0.39, 0.29) is 60.6 Å². The van der Waals surface area contributed by atoms with E-state index in [0.29, 0.717) is 51.4 Å². The Kier molecular flexibility index (Phi) is 20.1. The number of rotatable bonds is 6. The van der Waals surface area contributed by atoms with Crippen molar-refractivity contribution in [2.24, 2.45) is 35.5 Å². The Morgan fingerprint density at radius 3 is 2.32 bits per heavy atom. The van der Waals surface area contributed by atoms with E-state index in [0.717, 1.165) is 18.4 Å². The van der Waals surface area contributed by atoms with Crippen LogP contribution in [0.2, 0.25) is 0 Å². The van der Waals surface area contributed by atoms with Gasteiger partial charge in [-0.05, 0) is 117 Å². The minimum absolute atomic E-state index is 0.0388. The SMILES string of the molecule is CO[C@H]1C[C@@H]2CC[C@@H](C)[C@@](O)(O2)C(=O)C(=O)N2CCCC[C@H]2C(=O)O[C@H]([C@H](C)C[C@@H]2CCC(n3cnnn3)[C@H](OC)C2)CC(=O)[C@H](C)/C=C(\C)[C@@H](O)C(O)C(=O)[C@H](C)C[C@H](C)/C=C/C=C/C=C/1C. The van der Waals surface area contributed by atoms with Crippen LogP contribution < -0.4 is 0 Å². The van der Waals surface area contributed by atoms with Gasteiger partial charge in [0, 0.05) is 51.4 Å². The van der Waals surface area contributed by atoms with Crippen LogP contribution in [0.5, 0.6) is 0 Å². The maximum atomic E-state index is 14.5. The molecular formula is C51H77N5O12. The number of piperidine rings is 1. The van der Waals surface area contributed by atoms with Crippen molar-refractivity contribution >= 4 is 29.2 Å². The minimum Gasteiger partial charge on any atom is -0.460 e. The maximum Gasteiger partial charge on any atom is 0.329 e. The molecule has 15 atom stereocenters. The minimum atomic E-state index is -2.44. The predicted molar refractivity (Wildman–Crippen MR) is 251 cm³/mol. The molecule has 0 aromatic carbocycles. The number of Topliss-reactive ketones (excluding diaryl/α,β-unsaturated/α-hetero) is 3. The summed E-state index contributed by atoms with van der Waals surface area (Å²) in [6, 6.07) is -1.22. The third kappa shape index (κ3) is 13.7. The van der Waals surface area contributed by atoms with Crippen LogP contribution in [0.3, 0.4) is 0 Å². The highest BCUT2D eigenvalue weighted by Crippen LogP contribution is 2.39. The number of ketones is 3. The zero-order valence-electron chi connectivity index (χ0n) is 41.6. The van der Waals surface area contributed by atoms with Gasteiger partial charge in [-0.1, -0.05) is 71.1 Å². The fourth-order valence-electron chi connectivity index (χ4n) is 10.5. The molecule has 0 spiro atoms.